The molecule has 1 rings (SSSR count). The van der Waals surface area contributed by atoms with Gasteiger partial charge in [0.15, 0.2) is 8.68 Å². The van der Waals surface area contributed by atoms with Gasteiger partial charge in [-0.1, -0.05) is 43.2 Å². The monoisotopic (exact) mass is 282 g/mol. The minimum atomic E-state index is -3.45. The Morgan fingerprint density at radius 1 is 1.56 bits per heavy atom. The molecule has 4 nitrogen and oxygen atoms in total. The van der Waals surface area contributed by atoms with Crippen LogP contribution in [-0.4, -0.2) is 19.9 Å². The van der Waals surface area contributed by atoms with E-state index in [2.05, 4.69) is 9.71 Å². The van der Waals surface area contributed by atoms with Gasteiger partial charge < -0.3 is 0 Å². The van der Waals surface area contributed by atoms with Crippen molar-refractivity contribution in [1.82, 2.24) is 9.71 Å². The second kappa shape index (κ2) is 5.44. The lowest BCUT2D eigenvalue weighted by Gasteiger charge is -2.09. The zero-order valence-electron chi connectivity index (χ0n) is 9.45. The van der Waals surface area contributed by atoms with E-state index in [1.54, 1.807) is 6.92 Å². The third-order valence-corrected chi connectivity index (χ3v) is 5.59. The molecular formula is C9H15ClN2O2S2. The zero-order valence-corrected chi connectivity index (χ0v) is 11.8. The molecule has 1 aromatic heterocycles. The van der Waals surface area contributed by atoms with Gasteiger partial charge in [0.05, 0.1) is 5.69 Å². The fourth-order valence-corrected chi connectivity index (χ4v) is 4.01. The number of nitrogens with one attached hydrogen (secondary N) is 1. The Bertz CT molecular complexity index is 456. The van der Waals surface area contributed by atoms with Crippen molar-refractivity contribution in [3.05, 3.63) is 10.2 Å². The van der Waals surface area contributed by atoms with E-state index in [0.29, 0.717) is 18.2 Å². The molecule has 0 aromatic carbocycles. The van der Waals surface area contributed by atoms with Crippen LogP contribution in [0.2, 0.25) is 4.47 Å². The van der Waals surface area contributed by atoms with Crippen molar-refractivity contribution >= 4 is 33.0 Å². The SMILES string of the molecule is CCC(C)CNS(=O)(=O)c1sc(Cl)nc1C. The standard InChI is InChI=1S/C9H15ClN2O2S2/c1-4-6(2)5-11-16(13,14)8-7(3)12-9(10)15-8/h6,11H,4-5H2,1-3H3. The highest BCUT2D eigenvalue weighted by molar-refractivity contribution is 7.91. The highest BCUT2D eigenvalue weighted by Crippen LogP contribution is 2.26. The quantitative estimate of drug-likeness (QED) is 0.902. The maximum atomic E-state index is 11.9. The summed E-state index contributed by atoms with van der Waals surface area (Å²) in [6, 6.07) is 0. The van der Waals surface area contributed by atoms with Crippen molar-refractivity contribution in [3.63, 3.8) is 0 Å². The summed E-state index contributed by atoms with van der Waals surface area (Å²) in [4.78, 5) is 3.89. The average Bonchev–Trinajstić information content (AvgIpc) is 2.55. The number of halogens is 1. The molecule has 0 bridgehead atoms. The fraction of sp³-hybridized carbons (Fsp3) is 0.667. The lowest BCUT2D eigenvalue weighted by Crippen LogP contribution is -2.28. The Hall–Kier alpha value is -0.170. The first kappa shape index (κ1) is 13.9. The summed E-state index contributed by atoms with van der Waals surface area (Å²) in [6.45, 7) is 6.09. The minimum absolute atomic E-state index is 0.209. The molecular weight excluding hydrogens is 268 g/mol. The molecule has 0 spiro atoms. The Morgan fingerprint density at radius 2 is 2.19 bits per heavy atom. The lowest BCUT2D eigenvalue weighted by atomic mass is 10.1. The van der Waals surface area contributed by atoms with Gasteiger partial charge in [0, 0.05) is 6.54 Å². The van der Waals surface area contributed by atoms with Crippen molar-refractivity contribution in [2.45, 2.75) is 31.4 Å². The van der Waals surface area contributed by atoms with Crippen molar-refractivity contribution in [2.75, 3.05) is 6.54 Å². The topological polar surface area (TPSA) is 59.1 Å². The largest absolute Gasteiger partial charge is 0.251 e. The number of rotatable bonds is 5. The van der Waals surface area contributed by atoms with Crippen molar-refractivity contribution in [3.8, 4) is 0 Å². The summed E-state index contributed by atoms with van der Waals surface area (Å²) in [5.74, 6) is 0.318. The van der Waals surface area contributed by atoms with Crippen molar-refractivity contribution < 1.29 is 8.42 Å². The Labute approximate surface area is 105 Å². The van der Waals surface area contributed by atoms with E-state index in [1.165, 1.54) is 0 Å². The van der Waals surface area contributed by atoms with E-state index in [0.717, 1.165) is 17.8 Å². The Morgan fingerprint density at radius 3 is 2.62 bits per heavy atom. The predicted molar refractivity (Wildman–Crippen MR) is 66.5 cm³/mol. The second-order valence-corrected chi connectivity index (χ2v) is 7.25. The third kappa shape index (κ3) is 3.41. The Kier molecular flexibility index (Phi) is 4.73. The van der Waals surface area contributed by atoms with Gasteiger partial charge in [-0.15, -0.1) is 0 Å². The number of thiazole rings is 1. The summed E-state index contributed by atoms with van der Waals surface area (Å²) in [5, 5.41) is 0. The van der Waals surface area contributed by atoms with Crippen LogP contribution in [0.5, 0.6) is 0 Å². The molecule has 1 heterocycles. The third-order valence-electron chi connectivity index (χ3n) is 2.29. The molecule has 0 aliphatic rings. The van der Waals surface area contributed by atoms with Crippen LogP contribution in [-0.2, 0) is 10.0 Å². The van der Waals surface area contributed by atoms with Gasteiger partial charge in [-0.2, -0.15) is 0 Å². The van der Waals surface area contributed by atoms with Gasteiger partial charge >= 0.3 is 0 Å². The molecule has 1 aromatic rings. The maximum absolute atomic E-state index is 11.9. The number of sulfonamides is 1. The summed E-state index contributed by atoms with van der Waals surface area (Å²) in [7, 11) is -3.45. The molecule has 0 fully saturated rings. The van der Waals surface area contributed by atoms with E-state index < -0.39 is 10.0 Å². The molecule has 0 aliphatic heterocycles. The highest BCUT2D eigenvalue weighted by Gasteiger charge is 2.21. The lowest BCUT2D eigenvalue weighted by molar-refractivity contribution is 0.529. The molecule has 0 aliphatic carbocycles. The normalized spacial score (nSPS) is 14.0. The first-order valence-corrected chi connectivity index (χ1v) is 7.67. The predicted octanol–water partition coefficient (Wildman–Crippen LogP) is 2.43. The van der Waals surface area contributed by atoms with Gasteiger partial charge in [-0.25, -0.2) is 18.1 Å². The fourth-order valence-electron chi connectivity index (χ4n) is 1.06. The maximum Gasteiger partial charge on any atom is 0.251 e. The molecule has 1 atom stereocenters. The number of hydrogen-bond donors (Lipinski definition) is 1. The molecule has 1 unspecified atom stereocenters. The van der Waals surface area contributed by atoms with E-state index in [-0.39, 0.29) is 8.68 Å². The molecule has 0 saturated heterocycles. The number of nitrogens with zero attached hydrogens (tertiary/aromatic N) is 1. The highest BCUT2D eigenvalue weighted by atomic mass is 35.5. The first-order chi connectivity index (χ1) is 7.36. The van der Waals surface area contributed by atoms with E-state index in [4.69, 9.17) is 11.6 Å². The van der Waals surface area contributed by atoms with E-state index >= 15 is 0 Å². The Balaban J connectivity index is 2.82. The molecule has 0 saturated carbocycles. The van der Waals surface area contributed by atoms with E-state index in [1.807, 2.05) is 13.8 Å². The van der Waals surface area contributed by atoms with Gasteiger partial charge in [0.25, 0.3) is 10.0 Å². The minimum Gasteiger partial charge on any atom is -0.229 e. The summed E-state index contributed by atoms with van der Waals surface area (Å²) < 4.78 is 26.8. The van der Waals surface area contributed by atoms with Crippen LogP contribution in [0.15, 0.2) is 4.21 Å². The van der Waals surface area contributed by atoms with Crippen molar-refractivity contribution in [1.29, 1.82) is 0 Å². The summed E-state index contributed by atoms with van der Waals surface area (Å²) in [5.41, 5.74) is 0.451. The van der Waals surface area contributed by atoms with E-state index in [9.17, 15) is 8.42 Å². The van der Waals surface area contributed by atoms with Gasteiger partial charge in [-0.05, 0) is 12.8 Å². The average molecular weight is 283 g/mol. The number of aromatic nitrogens is 1. The van der Waals surface area contributed by atoms with Crippen LogP contribution >= 0.6 is 22.9 Å². The molecule has 0 radical (unpaired) electrons. The van der Waals surface area contributed by atoms with Crippen LogP contribution < -0.4 is 4.72 Å². The molecule has 7 heteroatoms. The van der Waals surface area contributed by atoms with Gasteiger partial charge in [0.2, 0.25) is 0 Å². The number of hydrogen-bond acceptors (Lipinski definition) is 4. The molecule has 1 N–H and O–H groups in total. The van der Waals surface area contributed by atoms with Gasteiger partial charge in [0.1, 0.15) is 0 Å². The van der Waals surface area contributed by atoms with Crippen LogP contribution in [0.4, 0.5) is 0 Å². The molecule has 0 amide bonds. The van der Waals surface area contributed by atoms with Crippen molar-refractivity contribution in [2.24, 2.45) is 5.92 Å². The molecule has 92 valence electrons. The summed E-state index contributed by atoms with van der Waals surface area (Å²) in [6.07, 6.45) is 0.935. The van der Waals surface area contributed by atoms with Crippen LogP contribution in [0.1, 0.15) is 26.0 Å². The van der Waals surface area contributed by atoms with Gasteiger partial charge in [-0.3, -0.25) is 0 Å². The van der Waals surface area contributed by atoms with Crippen LogP contribution in [0.3, 0.4) is 0 Å². The number of aryl methyl sites for hydroxylation is 1. The second-order valence-electron chi connectivity index (χ2n) is 3.71. The zero-order chi connectivity index (χ0) is 12.3. The van der Waals surface area contributed by atoms with Crippen LogP contribution in [0, 0.1) is 12.8 Å². The molecule has 16 heavy (non-hydrogen) atoms. The smallest absolute Gasteiger partial charge is 0.229 e. The first-order valence-electron chi connectivity index (χ1n) is 4.99. The summed E-state index contributed by atoms with van der Waals surface area (Å²) >= 11 is 6.66. The van der Waals surface area contributed by atoms with Crippen LogP contribution in [0.25, 0.3) is 0 Å².